The third-order valence-electron chi connectivity index (χ3n) is 2.89. The summed E-state index contributed by atoms with van der Waals surface area (Å²) in [4.78, 5) is 4.26. The van der Waals surface area contributed by atoms with Crippen molar-refractivity contribution >= 4 is 5.69 Å². The summed E-state index contributed by atoms with van der Waals surface area (Å²) < 4.78 is 0. The van der Waals surface area contributed by atoms with Gasteiger partial charge in [0.05, 0.1) is 22.5 Å². The molecule has 0 aliphatic rings. The van der Waals surface area contributed by atoms with Crippen LogP contribution in [0.25, 0.3) is 0 Å². The molecule has 0 aliphatic carbocycles. The van der Waals surface area contributed by atoms with Gasteiger partial charge < -0.3 is 10.4 Å². The zero-order valence-electron chi connectivity index (χ0n) is 11.5. The molecule has 2 N–H and O–H groups in total. The van der Waals surface area contributed by atoms with Gasteiger partial charge >= 0.3 is 0 Å². The van der Waals surface area contributed by atoms with Crippen molar-refractivity contribution in [2.75, 3.05) is 11.9 Å². The van der Waals surface area contributed by atoms with E-state index in [2.05, 4.69) is 16.4 Å². The maximum Gasteiger partial charge on any atom is 0.103 e. The molecule has 0 bridgehead atoms. The summed E-state index contributed by atoms with van der Waals surface area (Å²) >= 11 is 0. The molecule has 0 aliphatic heterocycles. The number of nitrogens with one attached hydrogen (secondary N) is 1. The van der Waals surface area contributed by atoms with E-state index in [1.54, 1.807) is 6.92 Å². The average Bonchev–Trinajstić information content (AvgIpc) is 2.26. The lowest BCUT2D eigenvalue weighted by atomic mass is 10.0. The fourth-order valence-corrected chi connectivity index (χ4v) is 2.02. The summed E-state index contributed by atoms with van der Waals surface area (Å²) in [6, 6.07) is 3.99. The van der Waals surface area contributed by atoms with Crippen LogP contribution in [0.15, 0.2) is 6.07 Å². The van der Waals surface area contributed by atoms with Crippen molar-refractivity contribution in [3.63, 3.8) is 0 Å². The van der Waals surface area contributed by atoms with E-state index in [0.717, 1.165) is 29.9 Å². The van der Waals surface area contributed by atoms with Gasteiger partial charge in [-0.1, -0.05) is 13.3 Å². The summed E-state index contributed by atoms with van der Waals surface area (Å²) in [5, 5.41) is 22.4. The Labute approximate surface area is 109 Å². The molecule has 98 valence electrons. The topological polar surface area (TPSA) is 68.9 Å². The Hall–Kier alpha value is -1.60. The smallest absolute Gasteiger partial charge is 0.103 e. The Morgan fingerprint density at radius 1 is 1.50 bits per heavy atom. The Balaban J connectivity index is 2.88. The third-order valence-corrected chi connectivity index (χ3v) is 2.89. The van der Waals surface area contributed by atoms with Gasteiger partial charge in [0.25, 0.3) is 0 Å². The molecule has 0 radical (unpaired) electrons. The molecule has 4 nitrogen and oxygen atoms in total. The normalized spacial score (nSPS) is 13.8. The second kappa shape index (κ2) is 5.83. The predicted molar refractivity (Wildman–Crippen MR) is 72.4 cm³/mol. The van der Waals surface area contributed by atoms with Crippen molar-refractivity contribution in [2.24, 2.45) is 0 Å². The van der Waals surface area contributed by atoms with E-state index >= 15 is 0 Å². The zero-order valence-corrected chi connectivity index (χ0v) is 11.5. The highest BCUT2D eigenvalue weighted by Crippen LogP contribution is 2.20. The SMILES string of the molecule is CCCC(C)(O)CNc1cc(C)nc(C)c1C#N. The average molecular weight is 247 g/mol. The molecule has 0 aromatic carbocycles. The van der Waals surface area contributed by atoms with Crippen LogP contribution in [-0.2, 0) is 0 Å². The summed E-state index contributed by atoms with van der Waals surface area (Å²) in [5.41, 5.74) is 2.12. The highest BCUT2D eigenvalue weighted by atomic mass is 16.3. The van der Waals surface area contributed by atoms with Gasteiger partial charge in [0.2, 0.25) is 0 Å². The molecule has 1 atom stereocenters. The van der Waals surface area contributed by atoms with Crippen molar-refractivity contribution in [3.8, 4) is 6.07 Å². The quantitative estimate of drug-likeness (QED) is 0.839. The van der Waals surface area contributed by atoms with Gasteiger partial charge in [-0.25, -0.2) is 0 Å². The molecule has 1 heterocycles. The molecule has 1 rings (SSSR count). The van der Waals surface area contributed by atoms with Crippen molar-refractivity contribution in [1.82, 2.24) is 4.98 Å². The van der Waals surface area contributed by atoms with E-state index in [-0.39, 0.29) is 0 Å². The van der Waals surface area contributed by atoms with E-state index in [9.17, 15) is 5.11 Å². The Kier molecular flexibility index (Phi) is 4.69. The maximum absolute atomic E-state index is 10.1. The van der Waals surface area contributed by atoms with Crippen LogP contribution in [0.3, 0.4) is 0 Å². The Morgan fingerprint density at radius 2 is 2.17 bits per heavy atom. The minimum atomic E-state index is -0.757. The fourth-order valence-electron chi connectivity index (χ4n) is 2.02. The molecule has 0 amide bonds. The first kappa shape index (κ1) is 14.5. The fraction of sp³-hybridized carbons (Fsp3) is 0.571. The summed E-state index contributed by atoms with van der Waals surface area (Å²) in [6.07, 6.45) is 1.65. The number of hydrogen-bond donors (Lipinski definition) is 2. The van der Waals surface area contributed by atoms with E-state index < -0.39 is 5.60 Å². The first-order valence-corrected chi connectivity index (χ1v) is 6.24. The number of rotatable bonds is 5. The number of nitrogens with zero attached hydrogens (tertiary/aromatic N) is 2. The zero-order chi connectivity index (χ0) is 13.8. The van der Waals surface area contributed by atoms with Crippen LogP contribution >= 0.6 is 0 Å². The van der Waals surface area contributed by atoms with Gasteiger partial charge in [-0.15, -0.1) is 0 Å². The van der Waals surface area contributed by atoms with Gasteiger partial charge in [-0.2, -0.15) is 5.26 Å². The van der Waals surface area contributed by atoms with Crippen LogP contribution in [-0.4, -0.2) is 22.2 Å². The minimum absolute atomic E-state index is 0.429. The van der Waals surface area contributed by atoms with Crippen molar-refractivity contribution in [2.45, 2.75) is 46.1 Å². The van der Waals surface area contributed by atoms with E-state index in [4.69, 9.17) is 5.26 Å². The van der Waals surface area contributed by atoms with Gasteiger partial charge in [0, 0.05) is 12.2 Å². The monoisotopic (exact) mass is 247 g/mol. The molecule has 4 heteroatoms. The lowest BCUT2D eigenvalue weighted by Crippen LogP contribution is -2.33. The molecule has 1 aromatic heterocycles. The molecule has 1 aromatic rings. The van der Waals surface area contributed by atoms with E-state index in [1.807, 2.05) is 26.8 Å². The second-order valence-corrected chi connectivity index (χ2v) is 4.98. The number of aryl methyl sites for hydroxylation is 2. The lowest BCUT2D eigenvalue weighted by Gasteiger charge is -2.24. The van der Waals surface area contributed by atoms with Crippen LogP contribution in [0.1, 0.15) is 43.6 Å². The molecular formula is C14H21N3O. The third kappa shape index (κ3) is 3.71. The number of hydrogen-bond acceptors (Lipinski definition) is 4. The van der Waals surface area contributed by atoms with Gasteiger partial charge in [-0.05, 0) is 33.3 Å². The van der Waals surface area contributed by atoms with E-state index in [1.165, 1.54) is 0 Å². The molecule has 0 saturated carbocycles. The number of aromatic nitrogens is 1. The minimum Gasteiger partial charge on any atom is -0.388 e. The standard InChI is InChI=1S/C14H21N3O/c1-5-6-14(4,18)9-16-13-7-10(2)17-11(3)12(13)8-15/h7,18H,5-6,9H2,1-4H3,(H,16,17). The van der Waals surface area contributed by atoms with Crippen LogP contribution in [0, 0.1) is 25.2 Å². The van der Waals surface area contributed by atoms with Gasteiger partial charge in [-0.3, -0.25) is 4.98 Å². The van der Waals surface area contributed by atoms with Crippen LogP contribution in [0.2, 0.25) is 0 Å². The van der Waals surface area contributed by atoms with Crippen molar-refractivity contribution < 1.29 is 5.11 Å². The lowest BCUT2D eigenvalue weighted by molar-refractivity contribution is 0.0637. The summed E-state index contributed by atoms with van der Waals surface area (Å²) in [5.74, 6) is 0. The highest BCUT2D eigenvalue weighted by Gasteiger charge is 2.19. The molecule has 18 heavy (non-hydrogen) atoms. The Morgan fingerprint density at radius 3 is 2.72 bits per heavy atom. The van der Waals surface area contributed by atoms with Crippen molar-refractivity contribution in [3.05, 3.63) is 23.0 Å². The summed E-state index contributed by atoms with van der Waals surface area (Å²) in [6.45, 7) is 7.98. The maximum atomic E-state index is 10.1. The first-order valence-electron chi connectivity index (χ1n) is 6.24. The molecular weight excluding hydrogens is 226 g/mol. The number of nitriles is 1. The largest absolute Gasteiger partial charge is 0.388 e. The first-order chi connectivity index (χ1) is 8.39. The molecule has 1 unspecified atom stereocenters. The van der Waals surface area contributed by atoms with Crippen LogP contribution in [0.4, 0.5) is 5.69 Å². The number of aliphatic hydroxyl groups is 1. The molecule has 0 saturated heterocycles. The number of anilines is 1. The van der Waals surface area contributed by atoms with E-state index in [0.29, 0.717) is 12.1 Å². The van der Waals surface area contributed by atoms with Gasteiger partial charge in [0.15, 0.2) is 0 Å². The molecule has 0 spiro atoms. The predicted octanol–water partition coefficient (Wildman–Crippen LogP) is 2.53. The summed E-state index contributed by atoms with van der Waals surface area (Å²) in [7, 11) is 0. The van der Waals surface area contributed by atoms with Crippen LogP contribution < -0.4 is 5.32 Å². The Bertz CT molecular complexity index is 461. The van der Waals surface area contributed by atoms with Crippen molar-refractivity contribution in [1.29, 1.82) is 5.26 Å². The second-order valence-electron chi connectivity index (χ2n) is 4.98. The molecule has 0 fully saturated rings. The number of pyridine rings is 1. The highest BCUT2D eigenvalue weighted by molar-refractivity contribution is 5.59. The van der Waals surface area contributed by atoms with Gasteiger partial charge in [0.1, 0.15) is 6.07 Å². The van der Waals surface area contributed by atoms with Crippen LogP contribution in [0.5, 0.6) is 0 Å².